The third-order valence-electron chi connectivity index (χ3n) is 6.82. The van der Waals surface area contributed by atoms with E-state index in [4.69, 9.17) is 11.6 Å². The number of pyridine rings is 1. The van der Waals surface area contributed by atoms with Crippen LogP contribution in [0.2, 0.25) is 5.02 Å². The summed E-state index contributed by atoms with van der Waals surface area (Å²) in [4.78, 5) is 18.8. The molecule has 0 radical (unpaired) electrons. The minimum atomic E-state index is -0.983. The van der Waals surface area contributed by atoms with Crippen molar-refractivity contribution in [2.75, 3.05) is 7.05 Å². The first kappa shape index (κ1) is 26.3. The molecule has 1 aliphatic rings. The molecule has 6 nitrogen and oxygen atoms in total. The highest BCUT2D eigenvalue weighted by Gasteiger charge is 2.30. The molecule has 4 rings (SSSR count). The Morgan fingerprint density at radius 2 is 1.81 bits per heavy atom. The van der Waals surface area contributed by atoms with Crippen molar-refractivity contribution in [3.05, 3.63) is 99.8 Å². The number of halogens is 1. The number of amides is 1. The van der Waals surface area contributed by atoms with Gasteiger partial charge >= 0.3 is 0 Å². The van der Waals surface area contributed by atoms with Gasteiger partial charge in [-0.3, -0.25) is 9.78 Å². The predicted molar refractivity (Wildman–Crippen MR) is 142 cm³/mol. The van der Waals surface area contributed by atoms with Crippen molar-refractivity contribution in [1.29, 1.82) is 0 Å². The van der Waals surface area contributed by atoms with Crippen molar-refractivity contribution in [2.24, 2.45) is 0 Å². The van der Waals surface area contributed by atoms with Crippen molar-refractivity contribution < 1.29 is 15.0 Å². The number of nitrogens with one attached hydrogen (secondary N) is 1. The lowest BCUT2D eigenvalue weighted by Crippen LogP contribution is -2.35. The molecule has 36 heavy (non-hydrogen) atoms. The summed E-state index contributed by atoms with van der Waals surface area (Å²) < 4.78 is 0. The first-order valence-corrected chi connectivity index (χ1v) is 12.7. The molecule has 190 valence electrons. The molecule has 2 heterocycles. The van der Waals surface area contributed by atoms with E-state index in [0.29, 0.717) is 22.7 Å². The molecule has 1 saturated heterocycles. The Morgan fingerprint density at radius 3 is 2.47 bits per heavy atom. The second-order valence-corrected chi connectivity index (χ2v) is 10.7. The molecule has 1 amide bonds. The molecular formula is C29H34ClN3O3. The zero-order chi connectivity index (χ0) is 25.9. The first-order valence-electron chi connectivity index (χ1n) is 12.3. The maximum Gasteiger partial charge on any atom is 0.253 e. The van der Waals surface area contributed by atoms with E-state index in [1.165, 1.54) is 0 Å². The third-order valence-corrected chi connectivity index (χ3v) is 7.07. The van der Waals surface area contributed by atoms with Gasteiger partial charge in [-0.1, -0.05) is 35.9 Å². The maximum atomic E-state index is 13.0. The van der Waals surface area contributed by atoms with Crippen LogP contribution in [0.3, 0.4) is 0 Å². The highest BCUT2D eigenvalue weighted by Crippen LogP contribution is 2.28. The van der Waals surface area contributed by atoms with Crippen LogP contribution in [0.5, 0.6) is 0 Å². The Bertz CT molecular complexity index is 1180. The number of hydrogen-bond acceptors (Lipinski definition) is 5. The zero-order valence-electron chi connectivity index (χ0n) is 21.0. The molecule has 0 saturated carbocycles. The topological polar surface area (TPSA) is 85.7 Å². The molecular weight excluding hydrogens is 474 g/mol. The van der Waals surface area contributed by atoms with Crippen molar-refractivity contribution in [1.82, 2.24) is 15.2 Å². The number of carbonyl (C=O) groups is 1. The summed E-state index contributed by atoms with van der Waals surface area (Å²) in [6, 6.07) is 17.3. The largest absolute Gasteiger partial charge is 0.387 e. The van der Waals surface area contributed by atoms with Crippen molar-refractivity contribution in [3.63, 3.8) is 0 Å². The van der Waals surface area contributed by atoms with E-state index in [2.05, 4.69) is 10.3 Å². The fourth-order valence-corrected chi connectivity index (χ4v) is 4.82. The lowest BCUT2D eigenvalue weighted by Gasteiger charge is -2.21. The van der Waals surface area contributed by atoms with Gasteiger partial charge in [-0.05, 0) is 80.1 Å². The minimum Gasteiger partial charge on any atom is -0.387 e. The molecule has 1 aromatic heterocycles. The number of aliphatic hydroxyl groups excluding tert-OH is 1. The Hall–Kier alpha value is -2.77. The Kier molecular flexibility index (Phi) is 8.10. The van der Waals surface area contributed by atoms with Gasteiger partial charge in [0.1, 0.15) is 0 Å². The molecule has 1 aliphatic heterocycles. The van der Waals surface area contributed by atoms with Gasteiger partial charge in [0.15, 0.2) is 0 Å². The third kappa shape index (κ3) is 6.51. The maximum absolute atomic E-state index is 13.0. The summed E-state index contributed by atoms with van der Waals surface area (Å²) in [5, 5.41) is 25.2. The molecule has 1 fully saturated rings. The van der Waals surface area contributed by atoms with Crippen LogP contribution < -0.4 is 5.32 Å². The van der Waals surface area contributed by atoms with E-state index in [1.807, 2.05) is 42.5 Å². The molecule has 3 aromatic rings. The Balaban J connectivity index is 1.32. The molecule has 3 N–H and O–H groups in total. The summed E-state index contributed by atoms with van der Waals surface area (Å²) in [5.74, 6) is -0.0691. The molecule has 0 bridgehead atoms. The molecule has 2 aromatic carbocycles. The monoisotopic (exact) mass is 507 g/mol. The standard InChI is InChI=1S/C29H34ClN3O3/c1-29(2,36)23-14-20(16-31-17-23)18-33(3)28(35)22-6-4-19(5-7-22)15-25-12-13-26(32-25)27(34)21-8-10-24(30)11-9-21/h4-11,14,16-17,25-27,32,34,36H,12-13,15,18H2,1-3H3/t25-,26+,27+/m0/s1. The SMILES string of the molecule is CN(Cc1cncc(C(C)(C)O)c1)C(=O)c1ccc(C[C@@H]2CC[C@H]([C@H](O)c3ccc(Cl)cc3)N2)cc1. The van der Waals surface area contributed by atoms with E-state index in [1.54, 1.807) is 50.3 Å². The van der Waals surface area contributed by atoms with Crippen LogP contribution in [0.25, 0.3) is 0 Å². The average Bonchev–Trinajstić information content (AvgIpc) is 3.32. The normalized spacial score (nSPS) is 18.7. The highest BCUT2D eigenvalue weighted by molar-refractivity contribution is 6.30. The van der Waals surface area contributed by atoms with Crippen LogP contribution in [-0.4, -0.2) is 45.1 Å². The van der Waals surface area contributed by atoms with Crippen molar-refractivity contribution >= 4 is 17.5 Å². The zero-order valence-corrected chi connectivity index (χ0v) is 21.7. The quantitative estimate of drug-likeness (QED) is 0.414. The Morgan fingerprint density at radius 1 is 1.11 bits per heavy atom. The number of hydrogen-bond donors (Lipinski definition) is 3. The fraction of sp³-hybridized carbons (Fsp3) is 0.379. The summed E-state index contributed by atoms with van der Waals surface area (Å²) in [6.45, 7) is 3.83. The van der Waals surface area contributed by atoms with Gasteiger partial charge in [-0.15, -0.1) is 0 Å². The van der Waals surface area contributed by atoms with Crippen LogP contribution in [0.15, 0.2) is 67.0 Å². The van der Waals surface area contributed by atoms with Gasteiger partial charge < -0.3 is 20.4 Å². The number of aromatic nitrogens is 1. The van der Waals surface area contributed by atoms with Gasteiger partial charge in [0, 0.05) is 54.2 Å². The van der Waals surface area contributed by atoms with E-state index in [9.17, 15) is 15.0 Å². The summed E-state index contributed by atoms with van der Waals surface area (Å²) in [6.07, 6.45) is 5.51. The number of carbonyl (C=O) groups excluding carboxylic acids is 1. The predicted octanol–water partition coefficient (Wildman–Crippen LogP) is 4.63. The van der Waals surface area contributed by atoms with Gasteiger partial charge in [-0.25, -0.2) is 0 Å². The van der Waals surface area contributed by atoms with E-state index >= 15 is 0 Å². The van der Waals surface area contributed by atoms with Gasteiger partial charge in [0.05, 0.1) is 11.7 Å². The van der Waals surface area contributed by atoms with Crippen LogP contribution in [0, 0.1) is 0 Å². The van der Waals surface area contributed by atoms with Gasteiger partial charge in [-0.2, -0.15) is 0 Å². The second kappa shape index (κ2) is 11.1. The van der Waals surface area contributed by atoms with E-state index in [-0.39, 0.29) is 18.0 Å². The van der Waals surface area contributed by atoms with Gasteiger partial charge in [0.2, 0.25) is 0 Å². The second-order valence-electron chi connectivity index (χ2n) is 10.2. The fourth-order valence-electron chi connectivity index (χ4n) is 4.70. The number of nitrogens with zero attached hydrogens (tertiary/aromatic N) is 2. The van der Waals surface area contributed by atoms with Crippen LogP contribution in [-0.2, 0) is 18.6 Å². The number of rotatable bonds is 8. The molecule has 7 heteroatoms. The lowest BCUT2D eigenvalue weighted by molar-refractivity contribution is 0.0774. The average molecular weight is 508 g/mol. The van der Waals surface area contributed by atoms with Crippen molar-refractivity contribution in [2.45, 2.75) is 63.4 Å². The van der Waals surface area contributed by atoms with Crippen LogP contribution >= 0.6 is 11.6 Å². The lowest BCUT2D eigenvalue weighted by atomic mass is 9.99. The van der Waals surface area contributed by atoms with E-state index in [0.717, 1.165) is 36.0 Å². The van der Waals surface area contributed by atoms with E-state index < -0.39 is 11.7 Å². The van der Waals surface area contributed by atoms with Crippen LogP contribution in [0.4, 0.5) is 0 Å². The molecule has 3 atom stereocenters. The van der Waals surface area contributed by atoms with Crippen LogP contribution in [0.1, 0.15) is 65.4 Å². The number of benzene rings is 2. The summed E-state index contributed by atoms with van der Waals surface area (Å²) in [7, 11) is 1.77. The Labute approximate surface area is 218 Å². The molecule has 0 spiro atoms. The molecule has 0 aliphatic carbocycles. The summed E-state index contributed by atoms with van der Waals surface area (Å²) in [5.41, 5.74) is 3.24. The first-order chi connectivity index (χ1) is 17.1. The number of aliphatic hydroxyl groups is 2. The molecule has 0 unspecified atom stereocenters. The van der Waals surface area contributed by atoms with Crippen molar-refractivity contribution in [3.8, 4) is 0 Å². The summed E-state index contributed by atoms with van der Waals surface area (Å²) >= 11 is 5.96. The highest BCUT2D eigenvalue weighted by atomic mass is 35.5. The minimum absolute atomic E-state index is 0.00933. The van der Waals surface area contributed by atoms with Gasteiger partial charge in [0.25, 0.3) is 5.91 Å². The smallest absolute Gasteiger partial charge is 0.253 e.